The second-order valence-corrected chi connectivity index (χ2v) is 5.61. The predicted molar refractivity (Wildman–Crippen MR) is 83.9 cm³/mol. The summed E-state index contributed by atoms with van der Waals surface area (Å²) in [6, 6.07) is 14.0. The van der Waals surface area contributed by atoms with Crippen molar-refractivity contribution in [1.29, 1.82) is 0 Å². The van der Waals surface area contributed by atoms with Crippen molar-refractivity contribution in [3.63, 3.8) is 0 Å². The van der Waals surface area contributed by atoms with Crippen LogP contribution in [0.4, 0.5) is 18.9 Å². The van der Waals surface area contributed by atoms with Crippen molar-refractivity contribution >= 4 is 11.6 Å². The van der Waals surface area contributed by atoms with Gasteiger partial charge in [0.25, 0.3) is 0 Å². The van der Waals surface area contributed by atoms with Crippen LogP contribution in [-0.4, -0.2) is 5.91 Å². The van der Waals surface area contributed by atoms with Gasteiger partial charge in [0.2, 0.25) is 5.91 Å². The first-order valence-electron chi connectivity index (χ1n) is 7.31. The summed E-state index contributed by atoms with van der Waals surface area (Å²) in [5.74, 6) is -0.277. The zero-order valence-corrected chi connectivity index (χ0v) is 13.0. The number of anilines is 1. The minimum absolute atomic E-state index is 0.0731. The van der Waals surface area contributed by atoms with E-state index in [1.165, 1.54) is 12.1 Å². The zero-order valence-electron chi connectivity index (χ0n) is 13.0. The van der Waals surface area contributed by atoms with Gasteiger partial charge in [-0.3, -0.25) is 4.79 Å². The van der Waals surface area contributed by atoms with Crippen LogP contribution in [0.15, 0.2) is 54.6 Å². The SMILES string of the molecule is CC(C)C(=O)N(Cc1ccc(C(F)(F)F)cc1)c1ccccc1. The number of hydrogen-bond acceptors (Lipinski definition) is 1. The minimum atomic E-state index is -4.36. The molecule has 0 saturated heterocycles. The molecule has 0 radical (unpaired) electrons. The summed E-state index contributed by atoms with van der Waals surface area (Å²) in [7, 11) is 0. The van der Waals surface area contributed by atoms with Crippen LogP contribution in [0.25, 0.3) is 0 Å². The number of alkyl halides is 3. The van der Waals surface area contributed by atoms with Crippen molar-refractivity contribution in [2.75, 3.05) is 4.90 Å². The van der Waals surface area contributed by atoms with Gasteiger partial charge in [0.05, 0.1) is 12.1 Å². The third-order valence-corrected chi connectivity index (χ3v) is 3.45. The van der Waals surface area contributed by atoms with Gasteiger partial charge in [0, 0.05) is 11.6 Å². The summed E-state index contributed by atoms with van der Waals surface area (Å²) < 4.78 is 37.8. The number of hydrogen-bond donors (Lipinski definition) is 0. The van der Waals surface area contributed by atoms with Crippen molar-refractivity contribution in [3.8, 4) is 0 Å². The second-order valence-electron chi connectivity index (χ2n) is 5.61. The van der Waals surface area contributed by atoms with Crippen LogP contribution in [0.5, 0.6) is 0 Å². The monoisotopic (exact) mass is 321 g/mol. The van der Waals surface area contributed by atoms with Crippen LogP contribution < -0.4 is 4.90 Å². The fourth-order valence-electron chi connectivity index (χ4n) is 2.20. The summed E-state index contributed by atoms with van der Waals surface area (Å²) in [5, 5.41) is 0. The van der Waals surface area contributed by atoms with E-state index in [0.29, 0.717) is 5.56 Å². The first-order chi connectivity index (χ1) is 10.8. The quantitative estimate of drug-likeness (QED) is 0.785. The van der Waals surface area contributed by atoms with E-state index in [1.54, 1.807) is 18.7 Å². The number of nitrogens with zero attached hydrogens (tertiary/aromatic N) is 1. The summed E-state index contributed by atoms with van der Waals surface area (Å²) in [6.07, 6.45) is -4.36. The molecule has 0 bridgehead atoms. The van der Waals surface area contributed by atoms with Crippen molar-refractivity contribution in [2.45, 2.75) is 26.6 Å². The number of rotatable bonds is 4. The molecule has 0 unspecified atom stereocenters. The molecular formula is C18H18F3NO. The minimum Gasteiger partial charge on any atom is -0.308 e. The Kier molecular flexibility index (Phi) is 5.08. The number of para-hydroxylation sites is 1. The van der Waals surface area contributed by atoms with E-state index in [-0.39, 0.29) is 18.4 Å². The van der Waals surface area contributed by atoms with Crippen molar-refractivity contribution in [3.05, 3.63) is 65.7 Å². The molecule has 2 aromatic rings. The number of halogens is 3. The van der Waals surface area contributed by atoms with E-state index in [2.05, 4.69) is 0 Å². The molecule has 0 aromatic heterocycles. The summed E-state index contributed by atoms with van der Waals surface area (Å²) in [5.41, 5.74) is 0.685. The second kappa shape index (κ2) is 6.86. The van der Waals surface area contributed by atoms with Gasteiger partial charge in [-0.05, 0) is 29.8 Å². The predicted octanol–water partition coefficient (Wildman–Crippen LogP) is 4.89. The highest BCUT2D eigenvalue weighted by atomic mass is 19.4. The third-order valence-electron chi connectivity index (χ3n) is 3.45. The van der Waals surface area contributed by atoms with Crippen LogP contribution in [0.2, 0.25) is 0 Å². The van der Waals surface area contributed by atoms with E-state index in [9.17, 15) is 18.0 Å². The van der Waals surface area contributed by atoms with E-state index < -0.39 is 11.7 Å². The molecular weight excluding hydrogens is 303 g/mol. The molecule has 0 heterocycles. The Morgan fingerprint density at radius 3 is 2.04 bits per heavy atom. The van der Waals surface area contributed by atoms with E-state index in [0.717, 1.165) is 17.8 Å². The Labute approximate surface area is 133 Å². The van der Waals surface area contributed by atoms with Gasteiger partial charge in [0.1, 0.15) is 0 Å². The lowest BCUT2D eigenvalue weighted by Gasteiger charge is -2.25. The van der Waals surface area contributed by atoms with Gasteiger partial charge < -0.3 is 4.90 Å². The molecule has 23 heavy (non-hydrogen) atoms. The molecule has 1 amide bonds. The van der Waals surface area contributed by atoms with Gasteiger partial charge in [-0.2, -0.15) is 13.2 Å². The fraction of sp³-hybridized carbons (Fsp3) is 0.278. The van der Waals surface area contributed by atoms with E-state index in [4.69, 9.17) is 0 Å². The molecule has 0 aliphatic carbocycles. The first-order valence-corrected chi connectivity index (χ1v) is 7.31. The number of benzene rings is 2. The molecule has 0 N–H and O–H groups in total. The largest absolute Gasteiger partial charge is 0.416 e. The smallest absolute Gasteiger partial charge is 0.308 e. The lowest BCUT2D eigenvalue weighted by atomic mass is 10.1. The van der Waals surface area contributed by atoms with Gasteiger partial charge in [-0.15, -0.1) is 0 Å². The molecule has 0 spiro atoms. The number of carbonyl (C=O) groups is 1. The highest BCUT2D eigenvalue weighted by Gasteiger charge is 2.30. The van der Waals surface area contributed by atoms with Crippen LogP contribution in [0.1, 0.15) is 25.0 Å². The molecule has 0 atom stereocenters. The highest BCUT2D eigenvalue weighted by molar-refractivity contribution is 5.94. The Bertz CT molecular complexity index is 648. The topological polar surface area (TPSA) is 20.3 Å². The van der Waals surface area contributed by atoms with E-state index >= 15 is 0 Å². The van der Waals surface area contributed by atoms with Gasteiger partial charge in [-0.25, -0.2) is 0 Å². The van der Waals surface area contributed by atoms with Crippen LogP contribution in [0.3, 0.4) is 0 Å². The van der Waals surface area contributed by atoms with Gasteiger partial charge in [-0.1, -0.05) is 44.2 Å². The average molecular weight is 321 g/mol. The molecule has 122 valence electrons. The number of carbonyl (C=O) groups excluding carboxylic acids is 1. The normalized spacial score (nSPS) is 11.6. The maximum Gasteiger partial charge on any atom is 0.416 e. The molecule has 0 aliphatic rings. The molecule has 2 rings (SSSR count). The molecule has 0 fully saturated rings. The van der Waals surface area contributed by atoms with Crippen molar-refractivity contribution in [1.82, 2.24) is 0 Å². The number of amides is 1. The van der Waals surface area contributed by atoms with Crippen LogP contribution >= 0.6 is 0 Å². The van der Waals surface area contributed by atoms with E-state index in [1.807, 2.05) is 30.3 Å². The standard InChI is InChI=1S/C18H18F3NO/c1-13(2)17(23)22(16-6-4-3-5-7-16)12-14-8-10-15(11-9-14)18(19,20)21/h3-11,13H,12H2,1-2H3. The lowest BCUT2D eigenvalue weighted by Crippen LogP contribution is -2.33. The summed E-state index contributed by atoms with van der Waals surface area (Å²) in [6.45, 7) is 3.83. The van der Waals surface area contributed by atoms with Crippen LogP contribution in [0, 0.1) is 5.92 Å². The third kappa shape index (κ3) is 4.34. The Morgan fingerprint density at radius 1 is 1.00 bits per heavy atom. The van der Waals surface area contributed by atoms with Crippen LogP contribution in [-0.2, 0) is 17.5 Å². The Balaban J connectivity index is 2.26. The van der Waals surface area contributed by atoms with Gasteiger partial charge in [0.15, 0.2) is 0 Å². The van der Waals surface area contributed by atoms with Crippen molar-refractivity contribution < 1.29 is 18.0 Å². The maximum atomic E-state index is 12.6. The zero-order chi connectivity index (χ0) is 17.0. The first kappa shape index (κ1) is 17.1. The summed E-state index contributed by atoms with van der Waals surface area (Å²) in [4.78, 5) is 14.0. The van der Waals surface area contributed by atoms with Crippen molar-refractivity contribution in [2.24, 2.45) is 5.92 Å². The van der Waals surface area contributed by atoms with Gasteiger partial charge >= 0.3 is 6.18 Å². The highest BCUT2D eigenvalue weighted by Crippen LogP contribution is 2.29. The molecule has 2 aromatic carbocycles. The molecule has 0 aliphatic heterocycles. The summed E-state index contributed by atoms with van der Waals surface area (Å²) >= 11 is 0. The Morgan fingerprint density at radius 2 is 1.57 bits per heavy atom. The molecule has 0 saturated carbocycles. The fourth-order valence-corrected chi connectivity index (χ4v) is 2.20. The lowest BCUT2D eigenvalue weighted by molar-refractivity contribution is -0.137. The maximum absolute atomic E-state index is 12.6. The Hall–Kier alpha value is -2.30. The molecule has 5 heteroatoms. The molecule has 2 nitrogen and oxygen atoms in total. The average Bonchev–Trinajstić information content (AvgIpc) is 2.52.